The molecule has 112 valence electrons. The first-order chi connectivity index (χ1) is 10.9. The van der Waals surface area contributed by atoms with E-state index in [1.54, 1.807) is 0 Å². The fourth-order valence-electron chi connectivity index (χ4n) is 3.41. The number of nitrogens with zero attached hydrogens (tertiary/aromatic N) is 2. The second-order valence-electron chi connectivity index (χ2n) is 5.94. The predicted octanol–water partition coefficient (Wildman–Crippen LogP) is 4.30. The van der Waals surface area contributed by atoms with Crippen molar-refractivity contribution in [3.8, 4) is 0 Å². The van der Waals surface area contributed by atoms with Crippen LogP contribution in [0.1, 0.15) is 30.9 Å². The van der Waals surface area contributed by atoms with Crippen LogP contribution in [0, 0.1) is 0 Å². The van der Waals surface area contributed by atoms with Crippen molar-refractivity contribution >= 4 is 11.7 Å². The Hall–Kier alpha value is -2.29. The molecule has 0 amide bonds. The molecule has 22 heavy (non-hydrogen) atoms. The molecule has 0 spiro atoms. The molecule has 2 saturated heterocycles. The van der Waals surface area contributed by atoms with Gasteiger partial charge < -0.3 is 9.64 Å². The number of aliphatic imine (C=N–C) groups is 1. The molecule has 0 N–H and O–H groups in total. The number of ether oxygens (including phenoxy) is 1. The van der Waals surface area contributed by atoms with E-state index in [1.165, 1.54) is 24.8 Å². The average molecular weight is 292 g/mol. The zero-order valence-corrected chi connectivity index (χ0v) is 12.6. The monoisotopic (exact) mass is 292 g/mol. The SMILES string of the molecule is c1ccc(N=C2O[C@H](c3ccccc3)[C@H]3CCCCN23)cc1. The molecule has 0 radical (unpaired) electrons. The van der Waals surface area contributed by atoms with Crippen molar-refractivity contribution in [1.29, 1.82) is 0 Å². The number of rotatable bonds is 2. The molecule has 0 aromatic heterocycles. The van der Waals surface area contributed by atoms with E-state index >= 15 is 0 Å². The van der Waals surface area contributed by atoms with Crippen LogP contribution >= 0.6 is 0 Å². The highest BCUT2D eigenvalue weighted by molar-refractivity contribution is 5.80. The summed E-state index contributed by atoms with van der Waals surface area (Å²) >= 11 is 0. The maximum atomic E-state index is 6.27. The molecular formula is C19H20N2O. The van der Waals surface area contributed by atoms with Crippen LogP contribution in [0.15, 0.2) is 65.7 Å². The van der Waals surface area contributed by atoms with Gasteiger partial charge in [0.05, 0.1) is 11.7 Å². The molecule has 3 nitrogen and oxygen atoms in total. The lowest BCUT2D eigenvalue weighted by atomic mass is 9.94. The third kappa shape index (κ3) is 2.47. The normalized spacial score (nSPS) is 25.8. The summed E-state index contributed by atoms with van der Waals surface area (Å²) in [6.45, 7) is 1.04. The molecule has 4 rings (SSSR count). The summed E-state index contributed by atoms with van der Waals surface area (Å²) in [5.41, 5.74) is 2.20. The number of para-hydroxylation sites is 1. The molecule has 2 atom stereocenters. The molecule has 2 fully saturated rings. The van der Waals surface area contributed by atoms with Gasteiger partial charge in [-0.05, 0) is 37.0 Å². The predicted molar refractivity (Wildman–Crippen MR) is 88.2 cm³/mol. The lowest BCUT2D eigenvalue weighted by Gasteiger charge is -2.30. The van der Waals surface area contributed by atoms with E-state index in [0.717, 1.165) is 18.3 Å². The minimum atomic E-state index is 0.101. The molecule has 0 saturated carbocycles. The van der Waals surface area contributed by atoms with Crippen LogP contribution in [0.2, 0.25) is 0 Å². The van der Waals surface area contributed by atoms with Crippen molar-refractivity contribution in [3.05, 3.63) is 66.2 Å². The first kappa shape index (κ1) is 13.4. The fraction of sp³-hybridized carbons (Fsp3) is 0.316. The van der Waals surface area contributed by atoms with Crippen molar-refractivity contribution in [2.75, 3.05) is 6.54 Å². The van der Waals surface area contributed by atoms with Gasteiger partial charge in [0.15, 0.2) is 0 Å². The largest absolute Gasteiger partial charge is 0.454 e. The molecule has 2 heterocycles. The van der Waals surface area contributed by atoms with E-state index in [4.69, 9.17) is 9.73 Å². The summed E-state index contributed by atoms with van der Waals surface area (Å²) in [6, 6.07) is 21.8. The molecule has 0 bridgehead atoms. The molecule has 2 aliphatic heterocycles. The first-order valence-electron chi connectivity index (χ1n) is 8.04. The van der Waals surface area contributed by atoms with E-state index in [1.807, 2.05) is 30.3 Å². The zero-order valence-electron chi connectivity index (χ0n) is 12.6. The molecular weight excluding hydrogens is 272 g/mol. The quantitative estimate of drug-likeness (QED) is 0.824. The highest BCUT2D eigenvalue weighted by Crippen LogP contribution is 2.38. The van der Waals surface area contributed by atoms with Gasteiger partial charge in [-0.3, -0.25) is 0 Å². The van der Waals surface area contributed by atoms with Crippen LogP contribution in [-0.2, 0) is 4.74 Å². The third-order valence-electron chi connectivity index (χ3n) is 4.49. The van der Waals surface area contributed by atoms with E-state index in [0.29, 0.717) is 6.04 Å². The van der Waals surface area contributed by atoms with Crippen molar-refractivity contribution in [3.63, 3.8) is 0 Å². The summed E-state index contributed by atoms with van der Waals surface area (Å²) in [6.07, 6.45) is 3.76. The second kappa shape index (κ2) is 5.84. The van der Waals surface area contributed by atoms with E-state index in [-0.39, 0.29) is 6.10 Å². The molecule has 2 aliphatic rings. The molecule has 0 aliphatic carbocycles. The molecule has 2 aromatic carbocycles. The Morgan fingerprint density at radius 2 is 1.64 bits per heavy atom. The van der Waals surface area contributed by atoms with Gasteiger partial charge in [0.25, 0.3) is 6.02 Å². The maximum absolute atomic E-state index is 6.27. The van der Waals surface area contributed by atoms with Crippen LogP contribution in [0.25, 0.3) is 0 Å². The lowest BCUT2D eigenvalue weighted by molar-refractivity contribution is 0.168. The number of fused-ring (bicyclic) bond motifs is 1. The van der Waals surface area contributed by atoms with Gasteiger partial charge >= 0.3 is 0 Å². The maximum Gasteiger partial charge on any atom is 0.293 e. The minimum absolute atomic E-state index is 0.101. The first-order valence-corrected chi connectivity index (χ1v) is 8.04. The number of hydrogen-bond acceptors (Lipinski definition) is 2. The number of piperidine rings is 1. The highest BCUT2D eigenvalue weighted by atomic mass is 16.5. The summed E-state index contributed by atoms with van der Waals surface area (Å²) in [5.74, 6) is 0. The Balaban J connectivity index is 1.67. The topological polar surface area (TPSA) is 24.8 Å². The minimum Gasteiger partial charge on any atom is -0.454 e. The highest BCUT2D eigenvalue weighted by Gasteiger charge is 2.42. The summed E-state index contributed by atoms with van der Waals surface area (Å²) < 4.78 is 6.27. The Morgan fingerprint density at radius 1 is 0.909 bits per heavy atom. The van der Waals surface area contributed by atoms with Crippen LogP contribution in [0.3, 0.4) is 0 Å². The van der Waals surface area contributed by atoms with Crippen molar-refractivity contribution in [1.82, 2.24) is 4.90 Å². The summed E-state index contributed by atoms with van der Waals surface area (Å²) in [5, 5.41) is 0. The van der Waals surface area contributed by atoms with Crippen LogP contribution in [0.4, 0.5) is 5.69 Å². The Kier molecular flexibility index (Phi) is 3.55. The average Bonchev–Trinajstić information content (AvgIpc) is 2.96. The number of amidine groups is 1. The van der Waals surface area contributed by atoms with Gasteiger partial charge in [0, 0.05) is 6.54 Å². The summed E-state index contributed by atoms with van der Waals surface area (Å²) in [7, 11) is 0. The lowest BCUT2D eigenvalue weighted by Crippen LogP contribution is -2.38. The number of hydrogen-bond donors (Lipinski definition) is 0. The van der Waals surface area contributed by atoms with E-state index in [2.05, 4.69) is 35.2 Å². The van der Waals surface area contributed by atoms with Crippen molar-refractivity contribution in [2.45, 2.75) is 31.4 Å². The van der Waals surface area contributed by atoms with Crippen LogP contribution in [-0.4, -0.2) is 23.5 Å². The number of benzene rings is 2. The zero-order chi connectivity index (χ0) is 14.8. The summed E-state index contributed by atoms with van der Waals surface area (Å²) in [4.78, 5) is 7.09. The van der Waals surface area contributed by atoms with Gasteiger partial charge in [-0.15, -0.1) is 0 Å². The molecule has 2 aromatic rings. The van der Waals surface area contributed by atoms with Gasteiger partial charge in [0.1, 0.15) is 6.10 Å². The van der Waals surface area contributed by atoms with Crippen LogP contribution < -0.4 is 0 Å². The second-order valence-corrected chi connectivity index (χ2v) is 5.94. The standard InChI is InChI=1S/C19H20N2O/c1-3-9-15(10-4-1)18-17-13-7-8-14-21(17)19(22-18)20-16-11-5-2-6-12-16/h1-6,9-12,17-18H,7-8,13-14H2/t17-,18-/m1/s1. The van der Waals surface area contributed by atoms with Crippen molar-refractivity contribution in [2.24, 2.45) is 4.99 Å². The Labute approximate surface area is 131 Å². The van der Waals surface area contributed by atoms with Crippen LogP contribution in [0.5, 0.6) is 0 Å². The van der Waals surface area contributed by atoms with Crippen molar-refractivity contribution < 1.29 is 4.74 Å². The van der Waals surface area contributed by atoms with Gasteiger partial charge in [-0.1, -0.05) is 48.5 Å². The fourth-order valence-corrected chi connectivity index (χ4v) is 3.41. The van der Waals surface area contributed by atoms with E-state index < -0.39 is 0 Å². The van der Waals surface area contributed by atoms with Gasteiger partial charge in [-0.2, -0.15) is 4.99 Å². The smallest absolute Gasteiger partial charge is 0.293 e. The van der Waals surface area contributed by atoms with E-state index in [9.17, 15) is 0 Å². The Bertz CT molecular complexity index is 654. The van der Waals surface area contributed by atoms with Gasteiger partial charge in [-0.25, -0.2) is 0 Å². The third-order valence-corrected chi connectivity index (χ3v) is 4.49. The Morgan fingerprint density at radius 3 is 2.41 bits per heavy atom. The molecule has 0 unspecified atom stereocenters. The van der Waals surface area contributed by atoms with Gasteiger partial charge in [0.2, 0.25) is 0 Å². The molecule has 3 heteroatoms.